The summed E-state index contributed by atoms with van der Waals surface area (Å²) in [4.78, 5) is 0. The summed E-state index contributed by atoms with van der Waals surface area (Å²) in [6.07, 6.45) is 0. The lowest BCUT2D eigenvalue weighted by molar-refractivity contribution is 0.592. The molecular weight excluding hydrogens is 156 g/mol. The van der Waals surface area contributed by atoms with E-state index in [1.807, 2.05) is 0 Å². The van der Waals surface area contributed by atoms with Crippen LogP contribution >= 0.6 is 0 Å². The van der Waals surface area contributed by atoms with Crippen molar-refractivity contribution in [1.29, 1.82) is 0 Å². The van der Waals surface area contributed by atoms with E-state index in [0.29, 0.717) is 0 Å². The van der Waals surface area contributed by atoms with Crippen LogP contribution in [0.25, 0.3) is 11.1 Å². The summed E-state index contributed by atoms with van der Waals surface area (Å²) in [6.45, 7) is 6.75. The van der Waals surface area contributed by atoms with Crippen LogP contribution in [-0.2, 0) is 5.41 Å². The van der Waals surface area contributed by atoms with Crippen LogP contribution in [-0.4, -0.2) is 0 Å². The first-order valence-electron chi connectivity index (χ1n) is 4.73. The van der Waals surface area contributed by atoms with Gasteiger partial charge in [-0.25, -0.2) is 0 Å². The second kappa shape index (κ2) is 2.66. The summed E-state index contributed by atoms with van der Waals surface area (Å²) >= 11 is 0. The fourth-order valence-corrected chi connectivity index (χ4v) is 1.58. The van der Waals surface area contributed by atoms with Gasteiger partial charge in [-0.05, 0) is 5.41 Å². The van der Waals surface area contributed by atoms with Crippen molar-refractivity contribution in [3.8, 4) is 11.1 Å². The van der Waals surface area contributed by atoms with Gasteiger partial charge in [0, 0.05) is 0 Å². The van der Waals surface area contributed by atoms with Crippen molar-refractivity contribution in [3.05, 3.63) is 42.0 Å². The molecule has 0 aromatic heterocycles. The average molecular weight is 171 g/mol. The van der Waals surface area contributed by atoms with E-state index >= 15 is 0 Å². The van der Waals surface area contributed by atoms with Crippen LogP contribution < -0.4 is 0 Å². The summed E-state index contributed by atoms with van der Waals surface area (Å²) in [5.74, 6) is 0. The van der Waals surface area contributed by atoms with Gasteiger partial charge in [-0.2, -0.15) is 24.3 Å². The van der Waals surface area contributed by atoms with Gasteiger partial charge in [0.05, 0.1) is 0 Å². The van der Waals surface area contributed by atoms with E-state index in [9.17, 15) is 0 Å². The van der Waals surface area contributed by atoms with Gasteiger partial charge in [0.1, 0.15) is 0 Å². The molecule has 0 aromatic rings. The molecule has 68 valence electrons. The molecule has 0 atom stereocenters. The Balaban J connectivity index is 2.58. The van der Waals surface area contributed by atoms with Crippen molar-refractivity contribution in [2.45, 2.75) is 26.2 Å². The van der Waals surface area contributed by atoms with Crippen molar-refractivity contribution in [2.75, 3.05) is 0 Å². The van der Waals surface area contributed by atoms with Gasteiger partial charge in [0.15, 0.2) is 0 Å². The van der Waals surface area contributed by atoms with Crippen LogP contribution in [0.1, 0.15) is 26.3 Å². The van der Waals surface area contributed by atoms with Gasteiger partial charge in [-0.3, -0.25) is 0 Å². The minimum absolute atomic E-state index is 0.263. The number of hydrogen-bond donors (Lipinski definition) is 0. The first-order valence-corrected chi connectivity index (χ1v) is 4.73. The van der Waals surface area contributed by atoms with E-state index in [0.717, 1.165) is 0 Å². The Labute approximate surface area is 79.9 Å². The predicted molar refractivity (Wildman–Crippen MR) is 57.4 cm³/mol. The van der Waals surface area contributed by atoms with Crippen molar-refractivity contribution >= 4 is 0 Å². The first-order chi connectivity index (χ1) is 6.07. The predicted octanol–water partition coefficient (Wildman–Crippen LogP) is 3.81. The molecule has 0 fully saturated rings. The summed E-state index contributed by atoms with van der Waals surface area (Å²) in [7, 11) is 0. The number of benzene rings is 1. The van der Waals surface area contributed by atoms with Gasteiger partial charge < -0.3 is 0 Å². The fourth-order valence-electron chi connectivity index (χ4n) is 1.58. The topological polar surface area (TPSA) is 0 Å². The van der Waals surface area contributed by atoms with E-state index in [1.165, 1.54) is 16.7 Å². The molecule has 0 nitrogen and oxygen atoms in total. The molecule has 0 aliphatic heterocycles. The third-order valence-corrected chi connectivity index (χ3v) is 2.48. The second-order valence-corrected chi connectivity index (χ2v) is 4.62. The highest BCUT2D eigenvalue weighted by molar-refractivity contribution is 5.69. The molecule has 0 saturated carbocycles. The molecule has 2 rings (SSSR count). The molecule has 0 unspecified atom stereocenters. The molecule has 0 amide bonds. The highest BCUT2D eigenvalue weighted by Crippen LogP contribution is 2.32. The van der Waals surface area contributed by atoms with Crippen molar-refractivity contribution in [2.24, 2.45) is 0 Å². The zero-order valence-corrected chi connectivity index (χ0v) is 8.46. The standard InChI is InChI=1S/C13H15/c1-13(2,3)12-8-10-6-4-5-7-11(10)9-12/h4-9H,1-3H3/q-1. The normalized spacial score (nSPS) is 12.2. The maximum atomic E-state index is 2.29. The Morgan fingerprint density at radius 3 is 2.38 bits per heavy atom. The molecule has 0 bridgehead atoms. The summed E-state index contributed by atoms with van der Waals surface area (Å²) < 4.78 is 0. The minimum atomic E-state index is 0.263. The van der Waals surface area contributed by atoms with Crippen LogP contribution in [0.4, 0.5) is 0 Å². The summed E-state index contributed by atoms with van der Waals surface area (Å²) in [6, 6.07) is 13.1. The van der Waals surface area contributed by atoms with Crippen LogP contribution in [0, 0.1) is 0 Å². The van der Waals surface area contributed by atoms with Gasteiger partial charge in [0.25, 0.3) is 0 Å². The third-order valence-electron chi connectivity index (χ3n) is 2.48. The first kappa shape index (κ1) is 8.43. The number of rotatable bonds is 0. The fraction of sp³-hybridized carbons (Fsp3) is 0.308. The molecule has 0 heterocycles. The van der Waals surface area contributed by atoms with E-state index < -0.39 is 0 Å². The van der Waals surface area contributed by atoms with Crippen LogP contribution in [0.2, 0.25) is 0 Å². The van der Waals surface area contributed by atoms with Crippen LogP contribution in [0.15, 0.2) is 36.4 Å². The van der Waals surface area contributed by atoms with Crippen LogP contribution in [0.3, 0.4) is 0 Å². The highest BCUT2D eigenvalue weighted by atomic mass is 14.2. The quantitative estimate of drug-likeness (QED) is 0.529. The van der Waals surface area contributed by atoms with E-state index in [-0.39, 0.29) is 5.41 Å². The largest absolute Gasteiger partial charge is 0.172 e. The van der Waals surface area contributed by atoms with E-state index in [4.69, 9.17) is 0 Å². The Kier molecular flexibility index (Phi) is 1.73. The van der Waals surface area contributed by atoms with E-state index in [2.05, 4.69) is 57.2 Å². The Morgan fingerprint density at radius 1 is 1.08 bits per heavy atom. The molecule has 0 radical (unpaired) electrons. The molecule has 0 N–H and O–H groups in total. The number of hydrogen-bond acceptors (Lipinski definition) is 0. The summed E-state index contributed by atoms with van der Waals surface area (Å²) in [5, 5.41) is 0. The maximum absolute atomic E-state index is 2.29. The third kappa shape index (κ3) is 1.49. The van der Waals surface area contributed by atoms with Gasteiger partial charge in [-0.1, -0.05) is 32.4 Å². The van der Waals surface area contributed by atoms with E-state index in [1.54, 1.807) is 0 Å². The molecule has 0 heteroatoms. The smallest absolute Gasteiger partial charge is 0.0143 e. The Morgan fingerprint density at radius 2 is 1.77 bits per heavy atom. The number of fused-ring (bicyclic) bond motifs is 1. The summed E-state index contributed by atoms with van der Waals surface area (Å²) in [5.41, 5.74) is 4.40. The highest BCUT2D eigenvalue weighted by Gasteiger charge is 2.14. The van der Waals surface area contributed by atoms with Crippen molar-refractivity contribution in [3.63, 3.8) is 0 Å². The molecular formula is C13H15-. The maximum Gasteiger partial charge on any atom is -0.0143 e. The molecule has 13 heavy (non-hydrogen) atoms. The zero-order chi connectivity index (χ0) is 9.47. The molecule has 0 saturated heterocycles. The lowest BCUT2D eigenvalue weighted by atomic mass is 9.89. The average Bonchev–Trinajstić information content (AvgIpc) is 2.45. The molecule has 2 aliphatic carbocycles. The molecule has 0 aromatic carbocycles. The second-order valence-electron chi connectivity index (χ2n) is 4.62. The zero-order valence-electron chi connectivity index (χ0n) is 8.46. The van der Waals surface area contributed by atoms with Gasteiger partial charge in [0.2, 0.25) is 0 Å². The Hall–Kier alpha value is -1.17. The SMILES string of the molecule is CC(C)(C)c1cc2cc[cH-]cc-2c1. The van der Waals surface area contributed by atoms with Crippen molar-refractivity contribution < 1.29 is 0 Å². The monoisotopic (exact) mass is 171 g/mol. The molecule has 2 aliphatic rings. The van der Waals surface area contributed by atoms with Crippen LogP contribution in [0.5, 0.6) is 0 Å². The van der Waals surface area contributed by atoms with Gasteiger partial charge >= 0.3 is 0 Å². The minimum Gasteiger partial charge on any atom is -0.172 e. The lowest BCUT2D eigenvalue weighted by Gasteiger charge is -2.16. The Bertz CT molecular complexity index is 344. The molecule has 0 spiro atoms. The lowest BCUT2D eigenvalue weighted by Crippen LogP contribution is -2.08. The van der Waals surface area contributed by atoms with Gasteiger partial charge in [-0.15, -0.1) is 17.2 Å². The van der Waals surface area contributed by atoms with Crippen molar-refractivity contribution in [1.82, 2.24) is 0 Å².